The van der Waals surface area contributed by atoms with Gasteiger partial charge in [0, 0.05) is 22.2 Å². The van der Waals surface area contributed by atoms with Gasteiger partial charge in [-0.05, 0) is 62.0 Å². The Balaban J connectivity index is 1.30. The zero-order valence-corrected chi connectivity index (χ0v) is 20.5. The van der Waals surface area contributed by atoms with Crippen LogP contribution in [0.2, 0.25) is 0 Å². The molecule has 0 spiro atoms. The number of rotatable bonds is 2. The summed E-state index contributed by atoms with van der Waals surface area (Å²) in [6.07, 6.45) is 28.0. The van der Waals surface area contributed by atoms with Gasteiger partial charge in [-0.2, -0.15) is 0 Å². The maximum atomic E-state index is 4.04. The first-order chi connectivity index (χ1) is 16.6. The molecule has 1 aromatic carbocycles. The lowest BCUT2D eigenvalue weighted by molar-refractivity contribution is 0.233. The molecule has 7 atom stereocenters. The average Bonchev–Trinajstić information content (AvgIpc) is 3.33. The van der Waals surface area contributed by atoms with Crippen LogP contribution in [0, 0.1) is 16.7 Å². The van der Waals surface area contributed by atoms with Crippen LogP contribution >= 0.6 is 0 Å². The Labute approximate surface area is 204 Å². The van der Waals surface area contributed by atoms with Crippen molar-refractivity contribution in [3.8, 4) is 0 Å². The van der Waals surface area contributed by atoms with Crippen LogP contribution in [0.15, 0.2) is 102 Å². The van der Waals surface area contributed by atoms with Gasteiger partial charge < -0.3 is 10.2 Å². The third kappa shape index (κ3) is 2.75. The lowest BCUT2D eigenvalue weighted by Crippen LogP contribution is -2.45. The van der Waals surface area contributed by atoms with E-state index in [-0.39, 0.29) is 10.8 Å². The highest BCUT2D eigenvalue weighted by molar-refractivity contribution is 5.53. The number of likely N-dealkylation sites (tertiary alicyclic amines) is 1. The number of hydrogen-bond donors (Lipinski definition) is 1. The highest BCUT2D eigenvalue weighted by Gasteiger charge is 2.60. The van der Waals surface area contributed by atoms with Crippen LogP contribution in [0.25, 0.3) is 0 Å². The summed E-state index contributed by atoms with van der Waals surface area (Å²) < 4.78 is 0. The highest BCUT2D eigenvalue weighted by Crippen LogP contribution is 2.60. The summed E-state index contributed by atoms with van der Waals surface area (Å²) in [5.74, 6) is 1.32. The monoisotopic (exact) mass is 448 g/mol. The van der Waals surface area contributed by atoms with Crippen molar-refractivity contribution in [2.75, 3.05) is 0 Å². The molecule has 174 valence electrons. The topological polar surface area (TPSA) is 15.3 Å². The number of nitrogens with one attached hydrogen (secondary N) is 1. The second-order valence-electron chi connectivity index (χ2n) is 11.7. The Morgan fingerprint density at radius 3 is 2.71 bits per heavy atom. The molecule has 6 aliphatic rings. The van der Waals surface area contributed by atoms with Crippen LogP contribution in [-0.4, -0.2) is 23.0 Å². The first-order valence-corrected chi connectivity index (χ1v) is 13.3. The van der Waals surface area contributed by atoms with Gasteiger partial charge in [0.1, 0.15) is 0 Å². The van der Waals surface area contributed by atoms with Crippen molar-refractivity contribution in [2.45, 2.75) is 70.0 Å². The molecule has 0 saturated carbocycles. The number of nitrogens with zero attached hydrogens (tertiary/aromatic N) is 1. The van der Waals surface area contributed by atoms with Crippen molar-refractivity contribution in [2.24, 2.45) is 16.7 Å². The van der Waals surface area contributed by atoms with Crippen LogP contribution < -0.4 is 5.32 Å². The van der Waals surface area contributed by atoms with Crippen molar-refractivity contribution in [1.82, 2.24) is 10.2 Å². The van der Waals surface area contributed by atoms with Crippen LogP contribution in [0.3, 0.4) is 0 Å². The summed E-state index contributed by atoms with van der Waals surface area (Å²) in [6.45, 7) is 4.96. The van der Waals surface area contributed by atoms with Gasteiger partial charge in [-0.1, -0.05) is 91.9 Å². The summed E-state index contributed by atoms with van der Waals surface area (Å²) >= 11 is 0. The van der Waals surface area contributed by atoms with E-state index in [1.807, 2.05) is 0 Å². The van der Waals surface area contributed by atoms with Gasteiger partial charge in [-0.25, -0.2) is 0 Å². The van der Waals surface area contributed by atoms with E-state index in [2.05, 4.69) is 109 Å². The zero-order chi connectivity index (χ0) is 22.9. The lowest BCUT2D eigenvalue weighted by Gasteiger charge is -2.42. The maximum Gasteiger partial charge on any atom is 0.0786 e. The molecule has 1 N–H and O–H groups in total. The van der Waals surface area contributed by atoms with Crippen LogP contribution in [0.1, 0.15) is 57.4 Å². The molecular formula is C32H36N2. The third-order valence-electron chi connectivity index (χ3n) is 9.93. The van der Waals surface area contributed by atoms with Gasteiger partial charge >= 0.3 is 0 Å². The van der Waals surface area contributed by atoms with Gasteiger partial charge in [0.05, 0.1) is 18.1 Å². The number of hydrogen-bond acceptors (Lipinski definition) is 2. The summed E-state index contributed by atoms with van der Waals surface area (Å²) in [4.78, 5) is 2.86. The fraction of sp³-hybridized carbons (Fsp3) is 0.438. The molecule has 1 aromatic rings. The first kappa shape index (κ1) is 20.6. The maximum absolute atomic E-state index is 4.04. The molecule has 2 heteroatoms. The molecule has 7 rings (SSSR count). The molecule has 0 amide bonds. The van der Waals surface area contributed by atoms with Gasteiger partial charge in [0.2, 0.25) is 0 Å². The number of benzene rings is 1. The minimum atomic E-state index is 0.0521. The third-order valence-corrected chi connectivity index (χ3v) is 9.93. The van der Waals surface area contributed by atoms with Crippen molar-refractivity contribution >= 4 is 0 Å². The normalized spacial score (nSPS) is 41.5. The second-order valence-corrected chi connectivity index (χ2v) is 11.7. The quantitative estimate of drug-likeness (QED) is 0.501. The average molecular weight is 449 g/mol. The molecule has 4 aliphatic carbocycles. The first-order valence-electron chi connectivity index (χ1n) is 13.3. The molecular weight excluding hydrogens is 412 g/mol. The largest absolute Gasteiger partial charge is 0.379 e. The predicted octanol–water partition coefficient (Wildman–Crippen LogP) is 6.79. The second kappa shape index (κ2) is 7.38. The fourth-order valence-electron chi connectivity index (χ4n) is 8.04. The standard InChI is InChI=1S/C32H36N2/c1-31-20-9-8-14-28(31)33-29-26(31)19-21-32(2)25-12-6-7-13-27(25)34(30(29)32)24-17-15-23(16-18-24)22-10-4-3-5-11-22/h3-5,7-11,13-14,17,19-21,23,25,27-28,30,33H,6,12,15-16,18H2,1-2H3. The molecule has 1 saturated heterocycles. The Kier molecular flexibility index (Phi) is 4.47. The van der Waals surface area contributed by atoms with E-state index in [0.717, 1.165) is 6.42 Å². The van der Waals surface area contributed by atoms with Crippen molar-refractivity contribution in [3.05, 3.63) is 108 Å². The zero-order valence-electron chi connectivity index (χ0n) is 20.5. The van der Waals surface area contributed by atoms with Crippen LogP contribution in [0.5, 0.6) is 0 Å². The molecule has 0 bridgehead atoms. The van der Waals surface area contributed by atoms with Gasteiger partial charge in [0.15, 0.2) is 0 Å². The van der Waals surface area contributed by atoms with E-state index in [9.17, 15) is 0 Å². The molecule has 7 unspecified atom stereocenters. The molecule has 0 radical (unpaired) electrons. The summed E-state index contributed by atoms with van der Waals surface area (Å²) in [5, 5.41) is 4.04. The molecule has 0 aromatic heterocycles. The van der Waals surface area contributed by atoms with E-state index < -0.39 is 0 Å². The Morgan fingerprint density at radius 1 is 1.00 bits per heavy atom. The van der Waals surface area contributed by atoms with Gasteiger partial charge in [0.25, 0.3) is 0 Å². The Bertz CT molecular complexity index is 1180. The van der Waals surface area contributed by atoms with Gasteiger partial charge in [-0.3, -0.25) is 0 Å². The lowest BCUT2D eigenvalue weighted by atomic mass is 9.65. The summed E-state index contributed by atoms with van der Waals surface area (Å²) in [6, 6.07) is 12.4. The Hall–Kier alpha value is -2.74. The SMILES string of the molecule is CC12C=CC=CC1NC1=C2C=CC2(C)C3CCC=CC3N(C3=CCC(c4ccccc4)CC3)C12. The molecule has 2 nitrogen and oxygen atoms in total. The van der Waals surface area contributed by atoms with E-state index in [1.54, 1.807) is 5.70 Å². The van der Waals surface area contributed by atoms with E-state index in [0.29, 0.717) is 30.0 Å². The number of allylic oxidation sites excluding steroid dienone is 6. The van der Waals surface area contributed by atoms with Crippen LogP contribution in [-0.2, 0) is 0 Å². The summed E-state index contributed by atoms with van der Waals surface area (Å²) in [7, 11) is 0. The number of fused-ring (bicyclic) bond motifs is 6. The van der Waals surface area contributed by atoms with E-state index in [1.165, 1.54) is 42.5 Å². The smallest absolute Gasteiger partial charge is 0.0786 e. The summed E-state index contributed by atoms with van der Waals surface area (Å²) in [5.41, 5.74) is 6.29. The highest BCUT2D eigenvalue weighted by atomic mass is 15.3. The van der Waals surface area contributed by atoms with Crippen molar-refractivity contribution < 1.29 is 0 Å². The van der Waals surface area contributed by atoms with E-state index in [4.69, 9.17) is 0 Å². The van der Waals surface area contributed by atoms with Crippen molar-refractivity contribution in [1.29, 1.82) is 0 Å². The molecule has 1 fully saturated rings. The van der Waals surface area contributed by atoms with E-state index >= 15 is 0 Å². The predicted molar refractivity (Wildman–Crippen MR) is 140 cm³/mol. The fourth-order valence-corrected chi connectivity index (χ4v) is 8.04. The Morgan fingerprint density at radius 2 is 1.88 bits per heavy atom. The minimum Gasteiger partial charge on any atom is -0.379 e. The molecule has 34 heavy (non-hydrogen) atoms. The van der Waals surface area contributed by atoms with Crippen molar-refractivity contribution in [3.63, 3.8) is 0 Å². The van der Waals surface area contributed by atoms with Crippen LogP contribution in [0.4, 0.5) is 0 Å². The molecule has 2 aliphatic heterocycles. The van der Waals surface area contributed by atoms with Gasteiger partial charge in [-0.15, -0.1) is 0 Å². The molecule has 2 heterocycles. The minimum absolute atomic E-state index is 0.0521.